The number of hydrogen-bond donors (Lipinski definition) is 1. The zero-order valence-corrected chi connectivity index (χ0v) is 12.9. The Balaban J connectivity index is 1.99. The predicted octanol–water partition coefficient (Wildman–Crippen LogP) is 1.87. The predicted molar refractivity (Wildman–Crippen MR) is 81.6 cm³/mol. The summed E-state index contributed by atoms with van der Waals surface area (Å²) in [5.74, 6) is 0.967. The van der Waals surface area contributed by atoms with Gasteiger partial charge in [-0.15, -0.1) is 33.3 Å². The Kier molecular flexibility index (Phi) is 3.43. The fourth-order valence-corrected chi connectivity index (χ4v) is 4.42. The van der Waals surface area contributed by atoms with E-state index in [1.807, 2.05) is 6.26 Å². The summed E-state index contributed by atoms with van der Waals surface area (Å²) in [6.07, 6.45) is 3.74. The van der Waals surface area contributed by atoms with Crippen LogP contribution in [0.4, 0.5) is 10.7 Å². The molecule has 1 aliphatic rings. The molecule has 106 valence electrons. The van der Waals surface area contributed by atoms with Crippen molar-refractivity contribution in [1.29, 1.82) is 0 Å². The largest absolute Gasteiger partial charge is 0.396 e. The van der Waals surface area contributed by atoms with E-state index in [1.165, 1.54) is 11.3 Å². The molecule has 0 aromatic carbocycles. The van der Waals surface area contributed by atoms with Crippen LogP contribution in [0, 0.1) is 0 Å². The van der Waals surface area contributed by atoms with Gasteiger partial charge in [0.15, 0.2) is 11.6 Å². The minimum Gasteiger partial charge on any atom is -0.396 e. The molecular weight excluding hydrogens is 294 g/mol. The first-order valence-electron chi connectivity index (χ1n) is 6.20. The van der Waals surface area contributed by atoms with Gasteiger partial charge in [-0.1, -0.05) is 0 Å². The maximum absolute atomic E-state index is 11.7. The number of ketones is 1. The monoisotopic (exact) mass is 309 g/mol. The molecule has 3 heterocycles. The number of nitrogen functional groups attached to an aromatic ring is 1. The first-order chi connectivity index (χ1) is 9.61. The van der Waals surface area contributed by atoms with Crippen LogP contribution in [0.5, 0.6) is 0 Å². The quantitative estimate of drug-likeness (QED) is 0.689. The summed E-state index contributed by atoms with van der Waals surface area (Å²) in [6, 6.07) is 0. The lowest BCUT2D eigenvalue weighted by Crippen LogP contribution is -2.33. The van der Waals surface area contributed by atoms with Crippen LogP contribution < -0.4 is 10.6 Å². The second-order valence-electron chi connectivity index (χ2n) is 4.60. The third-order valence-corrected chi connectivity index (χ3v) is 5.65. The molecule has 0 fully saturated rings. The van der Waals surface area contributed by atoms with E-state index in [9.17, 15) is 4.79 Å². The summed E-state index contributed by atoms with van der Waals surface area (Å²) in [5, 5.41) is 9.12. The van der Waals surface area contributed by atoms with E-state index < -0.39 is 0 Å². The highest BCUT2D eigenvalue weighted by Crippen LogP contribution is 2.44. The van der Waals surface area contributed by atoms with E-state index in [0.717, 1.165) is 28.8 Å². The Morgan fingerprint density at radius 1 is 1.50 bits per heavy atom. The molecule has 0 saturated carbocycles. The number of nitrogens with zero attached hydrogens (tertiary/aromatic N) is 4. The van der Waals surface area contributed by atoms with Gasteiger partial charge in [0.05, 0.1) is 22.0 Å². The smallest absolute Gasteiger partial charge is 0.171 e. The van der Waals surface area contributed by atoms with Gasteiger partial charge in [0.2, 0.25) is 0 Å². The minimum absolute atomic E-state index is 0.0224. The summed E-state index contributed by atoms with van der Waals surface area (Å²) in [7, 11) is 0. The van der Waals surface area contributed by atoms with Crippen LogP contribution in [-0.2, 0) is 13.1 Å². The molecule has 0 unspecified atom stereocenters. The van der Waals surface area contributed by atoms with E-state index in [-0.39, 0.29) is 5.78 Å². The molecule has 2 aromatic heterocycles. The number of fused-ring (bicyclic) bond motifs is 1. The average Bonchev–Trinajstić information content (AvgIpc) is 3.01. The lowest BCUT2D eigenvalue weighted by atomic mass is 10.3. The minimum atomic E-state index is 0.0224. The maximum atomic E-state index is 11.7. The molecule has 0 radical (unpaired) electrons. The van der Waals surface area contributed by atoms with Crippen molar-refractivity contribution in [3.05, 3.63) is 17.0 Å². The number of thiophene rings is 1. The zero-order chi connectivity index (χ0) is 14.3. The summed E-state index contributed by atoms with van der Waals surface area (Å²) < 4.78 is 2.05. The molecule has 8 heteroatoms. The summed E-state index contributed by atoms with van der Waals surface area (Å²) >= 11 is 3.06. The van der Waals surface area contributed by atoms with Crippen LogP contribution in [0.3, 0.4) is 0 Å². The van der Waals surface area contributed by atoms with Crippen LogP contribution in [0.1, 0.15) is 22.4 Å². The number of anilines is 2. The summed E-state index contributed by atoms with van der Waals surface area (Å²) in [5.41, 5.74) is 6.71. The van der Waals surface area contributed by atoms with E-state index >= 15 is 0 Å². The van der Waals surface area contributed by atoms with Gasteiger partial charge in [0.25, 0.3) is 0 Å². The topological polar surface area (TPSA) is 77.0 Å². The van der Waals surface area contributed by atoms with Crippen LogP contribution >= 0.6 is 23.1 Å². The standard InChI is InChI=1S/C12H15N5OS2/c1-7(18)10-9(13)11(19-2)12(20-10)16-3-4-17-6-14-15-8(17)5-16/h6H,3-5,13H2,1-2H3. The summed E-state index contributed by atoms with van der Waals surface area (Å²) in [4.78, 5) is 15.5. The van der Waals surface area contributed by atoms with E-state index in [2.05, 4.69) is 19.7 Å². The molecule has 0 bridgehead atoms. The number of thioether (sulfide) groups is 1. The number of hydrogen-bond acceptors (Lipinski definition) is 7. The Morgan fingerprint density at radius 2 is 2.30 bits per heavy atom. The number of carbonyl (C=O) groups excluding carboxylic acids is 1. The van der Waals surface area contributed by atoms with Gasteiger partial charge in [-0.05, 0) is 6.26 Å². The molecule has 3 rings (SSSR count). The Morgan fingerprint density at radius 3 is 3.00 bits per heavy atom. The van der Waals surface area contributed by atoms with E-state index in [1.54, 1.807) is 25.0 Å². The van der Waals surface area contributed by atoms with Crippen molar-refractivity contribution in [1.82, 2.24) is 14.8 Å². The van der Waals surface area contributed by atoms with Gasteiger partial charge in [-0.25, -0.2) is 0 Å². The molecule has 1 aliphatic heterocycles. The Labute approximate surface area is 125 Å². The van der Waals surface area contributed by atoms with Crippen molar-refractivity contribution < 1.29 is 4.79 Å². The first-order valence-corrected chi connectivity index (χ1v) is 8.24. The van der Waals surface area contributed by atoms with Crippen molar-refractivity contribution in [2.75, 3.05) is 23.4 Å². The van der Waals surface area contributed by atoms with Crippen molar-refractivity contribution in [3.8, 4) is 0 Å². The molecule has 0 spiro atoms. The first kappa shape index (κ1) is 13.4. The number of Topliss-reactive ketones (excluding diaryl/α,β-unsaturated/α-hetero) is 1. The highest BCUT2D eigenvalue weighted by atomic mass is 32.2. The van der Waals surface area contributed by atoms with Gasteiger partial charge < -0.3 is 15.2 Å². The molecular formula is C12H15N5OS2. The van der Waals surface area contributed by atoms with Crippen LogP contribution in [0.2, 0.25) is 0 Å². The number of nitrogens with two attached hydrogens (primary N) is 1. The van der Waals surface area contributed by atoms with Gasteiger partial charge in [0.1, 0.15) is 11.3 Å². The average molecular weight is 309 g/mol. The van der Waals surface area contributed by atoms with Gasteiger partial charge >= 0.3 is 0 Å². The lowest BCUT2D eigenvalue weighted by molar-refractivity contribution is 0.102. The number of carbonyl (C=O) groups is 1. The Bertz CT molecular complexity index is 663. The molecule has 2 aromatic rings. The normalized spacial score (nSPS) is 14.4. The molecule has 0 saturated heterocycles. The highest BCUT2D eigenvalue weighted by molar-refractivity contribution is 7.99. The second kappa shape index (κ2) is 5.10. The van der Waals surface area contributed by atoms with E-state index in [4.69, 9.17) is 5.73 Å². The number of rotatable bonds is 3. The molecule has 0 amide bonds. The molecule has 0 aliphatic carbocycles. The lowest BCUT2D eigenvalue weighted by Gasteiger charge is -2.28. The fraction of sp³-hybridized carbons (Fsp3) is 0.417. The van der Waals surface area contributed by atoms with Gasteiger partial charge in [-0.2, -0.15) is 0 Å². The zero-order valence-electron chi connectivity index (χ0n) is 11.3. The fourth-order valence-electron chi connectivity index (χ4n) is 2.32. The van der Waals surface area contributed by atoms with Crippen molar-refractivity contribution in [2.24, 2.45) is 0 Å². The van der Waals surface area contributed by atoms with Crippen LogP contribution in [-0.4, -0.2) is 33.3 Å². The molecule has 6 nitrogen and oxygen atoms in total. The van der Waals surface area contributed by atoms with Crippen LogP contribution in [0.25, 0.3) is 0 Å². The van der Waals surface area contributed by atoms with Gasteiger partial charge in [-0.3, -0.25) is 4.79 Å². The van der Waals surface area contributed by atoms with Gasteiger partial charge in [0, 0.05) is 20.0 Å². The molecule has 0 atom stereocenters. The van der Waals surface area contributed by atoms with Crippen molar-refractivity contribution in [3.63, 3.8) is 0 Å². The maximum Gasteiger partial charge on any atom is 0.171 e. The third-order valence-electron chi connectivity index (χ3n) is 3.33. The molecule has 2 N–H and O–H groups in total. The Hall–Kier alpha value is -1.54. The second-order valence-corrected chi connectivity index (χ2v) is 6.42. The highest BCUT2D eigenvalue weighted by Gasteiger charge is 2.25. The SMILES string of the molecule is CSc1c(N2CCn3cnnc3C2)sc(C(C)=O)c1N. The van der Waals surface area contributed by atoms with Crippen LogP contribution in [0.15, 0.2) is 11.2 Å². The third kappa shape index (κ3) is 2.08. The number of aromatic nitrogens is 3. The van der Waals surface area contributed by atoms with E-state index in [0.29, 0.717) is 17.1 Å². The van der Waals surface area contributed by atoms with Crippen molar-refractivity contribution >= 4 is 39.6 Å². The molecule has 20 heavy (non-hydrogen) atoms. The van der Waals surface area contributed by atoms with Crippen molar-refractivity contribution in [2.45, 2.75) is 24.9 Å². The summed E-state index contributed by atoms with van der Waals surface area (Å²) in [6.45, 7) is 3.98.